The van der Waals surface area contributed by atoms with E-state index < -0.39 is 0 Å². The van der Waals surface area contributed by atoms with Crippen molar-refractivity contribution >= 4 is 23.0 Å². The summed E-state index contributed by atoms with van der Waals surface area (Å²) in [7, 11) is 0. The van der Waals surface area contributed by atoms with Gasteiger partial charge in [0.25, 0.3) is 0 Å². The van der Waals surface area contributed by atoms with Crippen LogP contribution in [-0.4, -0.2) is 26.2 Å². The van der Waals surface area contributed by atoms with Crippen LogP contribution in [0, 0.1) is 0 Å². The standard InChI is InChI=1S/C10H14ClN3/c11-8-1-2-9(12)10(7-8)14-5-3-13-4-6-14/h1-2,7,13H,3-6,12H2. The van der Waals surface area contributed by atoms with Crippen LogP contribution in [0.25, 0.3) is 0 Å². The normalized spacial score (nSPS) is 17.1. The number of nitrogens with one attached hydrogen (secondary N) is 1. The Kier molecular flexibility index (Phi) is 2.79. The highest BCUT2D eigenvalue weighted by Gasteiger charge is 2.12. The second kappa shape index (κ2) is 4.07. The third kappa shape index (κ3) is 1.94. The van der Waals surface area contributed by atoms with Crippen molar-refractivity contribution in [3.8, 4) is 0 Å². The summed E-state index contributed by atoms with van der Waals surface area (Å²) < 4.78 is 0. The molecule has 0 radical (unpaired) electrons. The lowest BCUT2D eigenvalue weighted by molar-refractivity contribution is 0.590. The molecule has 1 aliphatic rings. The Bertz CT molecular complexity index is 321. The van der Waals surface area contributed by atoms with Gasteiger partial charge in [0.05, 0.1) is 11.4 Å². The molecule has 1 fully saturated rings. The van der Waals surface area contributed by atoms with Crippen LogP contribution in [0.4, 0.5) is 11.4 Å². The average molecular weight is 212 g/mol. The third-order valence-electron chi connectivity index (χ3n) is 2.45. The van der Waals surface area contributed by atoms with Gasteiger partial charge in [-0.25, -0.2) is 0 Å². The number of piperazine rings is 1. The minimum atomic E-state index is 0.743. The molecule has 1 aliphatic heterocycles. The molecule has 1 saturated heterocycles. The summed E-state index contributed by atoms with van der Waals surface area (Å²) >= 11 is 5.94. The molecule has 3 N–H and O–H groups in total. The van der Waals surface area contributed by atoms with Gasteiger partial charge in [0.15, 0.2) is 0 Å². The first-order valence-electron chi connectivity index (χ1n) is 4.78. The Morgan fingerprint density at radius 2 is 2.00 bits per heavy atom. The second-order valence-corrected chi connectivity index (χ2v) is 3.88. The van der Waals surface area contributed by atoms with Crippen LogP contribution < -0.4 is 16.0 Å². The molecule has 0 saturated carbocycles. The summed E-state index contributed by atoms with van der Waals surface area (Å²) in [6.07, 6.45) is 0. The molecule has 0 aliphatic carbocycles. The Morgan fingerprint density at radius 1 is 1.29 bits per heavy atom. The molecule has 0 unspecified atom stereocenters. The van der Waals surface area contributed by atoms with Crippen molar-refractivity contribution in [3.05, 3.63) is 23.2 Å². The molecular formula is C10H14ClN3. The fraction of sp³-hybridized carbons (Fsp3) is 0.400. The minimum Gasteiger partial charge on any atom is -0.397 e. The van der Waals surface area contributed by atoms with E-state index in [9.17, 15) is 0 Å². The van der Waals surface area contributed by atoms with Gasteiger partial charge in [0.2, 0.25) is 0 Å². The zero-order chi connectivity index (χ0) is 9.97. The highest BCUT2D eigenvalue weighted by Crippen LogP contribution is 2.26. The van der Waals surface area contributed by atoms with Crippen molar-refractivity contribution in [2.24, 2.45) is 0 Å². The second-order valence-electron chi connectivity index (χ2n) is 3.44. The van der Waals surface area contributed by atoms with Gasteiger partial charge < -0.3 is 16.0 Å². The van der Waals surface area contributed by atoms with E-state index in [2.05, 4.69) is 10.2 Å². The van der Waals surface area contributed by atoms with Gasteiger partial charge in [-0.05, 0) is 18.2 Å². The zero-order valence-corrected chi connectivity index (χ0v) is 8.72. The number of hydrogen-bond donors (Lipinski definition) is 2. The summed E-state index contributed by atoms with van der Waals surface area (Å²) in [5.41, 5.74) is 7.76. The highest BCUT2D eigenvalue weighted by molar-refractivity contribution is 6.31. The Hall–Kier alpha value is -0.930. The molecule has 76 valence electrons. The average Bonchev–Trinajstić information content (AvgIpc) is 2.23. The Labute approximate surface area is 88.8 Å². The van der Waals surface area contributed by atoms with Crippen LogP contribution in [0.15, 0.2) is 18.2 Å². The lowest BCUT2D eigenvalue weighted by Gasteiger charge is -2.30. The summed E-state index contributed by atoms with van der Waals surface area (Å²) in [5, 5.41) is 4.05. The van der Waals surface area contributed by atoms with Crippen LogP contribution >= 0.6 is 11.6 Å². The molecule has 1 heterocycles. The number of nitrogen functional groups attached to an aromatic ring is 1. The predicted octanol–water partition coefficient (Wildman–Crippen LogP) is 1.33. The van der Waals surface area contributed by atoms with Gasteiger partial charge in [0, 0.05) is 31.2 Å². The predicted molar refractivity (Wildman–Crippen MR) is 60.9 cm³/mol. The third-order valence-corrected chi connectivity index (χ3v) is 2.69. The molecule has 1 aromatic rings. The summed E-state index contributed by atoms with van der Waals surface area (Å²) in [4.78, 5) is 2.26. The maximum Gasteiger partial charge on any atom is 0.0615 e. The molecule has 4 heteroatoms. The minimum absolute atomic E-state index is 0.743. The molecule has 3 nitrogen and oxygen atoms in total. The fourth-order valence-corrected chi connectivity index (χ4v) is 1.86. The lowest BCUT2D eigenvalue weighted by atomic mass is 10.2. The molecule has 2 rings (SSSR count). The van der Waals surface area contributed by atoms with Gasteiger partial charge in [-0.2, -0.15) is 0 Å². The molecule has 0 atom stereocenters. The van der Waals surface area contributed by atoms with E-state index in [0.29, 0.717) is 0 Å². The van der Waals surface area contributed by atoms with E-state index in [0.717, 1.165) is 42.6 Å². The van der Waals surface area contributed by atoms with Gasteiger partial charge >= 0.3 is 0 Å². The van der Waals surface area contributed by atoms with Crippen molar-refractivity contribution in [3.63, 3.8) is 0 Å². The summed E-state index contributed by atoms with van der Waals surface area (Å²) in [6.45, 7) is 3.99. The van der Waals surface area contributed by atoms with Crippen molar-refractivity contribution in [1.29, 1.82) is 0 Å². The van der Waals surface area contributed by atoms with Gasteiger partial charge in [-0.3, -0.25) is 0 Å². The number of halogens is 1. The molecule has 0 amide bonds. The topological polar surface area (TPSA) is 41.3 Å². The maximum atomic E-state index is 5.94. The van der Waals surface area contributed by atoms with E-state index in [4.69, 9.17) is 17.3 Å². The van der Waals surface area contributed by atoms with Gasteiger partial charge in [-0.15, -0.1) is 0 Å². The summed E-state index contributed by atoms with van der Waals surface area (Å²) in [6, 6.07) is 5.62. The van der Waals surface area contributed by atoms with E-state index in [1.54, 1.807) is 0 Å². The molecule has 0 spiro atoms. The highest BCUT2D eigenvalue weighted by atomic mass is 35.5. The quantitative estimate of drug-likeness (QED) is 0.689. The first kappa shape index (κ1) is 9.62. The number of hydrogen-bond acceptors (Lipinski definition) is 3. The smallest absolute Gasteiger partial charge is 0.0615 e. The number of nitrogens with two attached hydrogens (primary N) is 1. The van der Waals surface area contributed by atoms with Crippen molar-refractivity contribution < 1.29 is 0 Å². The summed E-state index contributed by atoms with van der Waals surface area (Å²) in [5.74, 6) is 0. The zero-order valence-electron chi connectivity index (χ0n) is 7.96. The molecule has 1 aromatic carbocycles. The van der Waals surface area contributed by atoms with Crippen molar-refractivity contribution in [1.82, 2.24) is 5.32 Å². The fourth-order valence-electron chi connectivity index (χ4n) is 1.70. The van der Waals surface area contributed by atoms with Crippen LogP contribution in [0.3, 0.4) is 0 Å². The molecule has 0 bridgehead atoms. The largest absolute Gasteiger partial charge is 0.397 e. The van der Waals surface area contributed by atoms with Crippen molar-refractivity contribution in [2.75, 3.05) is 36.8 Å². The first-order valence-corrected chi connectivity index (χ1v) is 5.16. The van der Waals surface area contributed by atoms with Gasteiger partial charge in [0.1, 0.15) is 0 Å². The Morgan fingerprint density at radius 3 is 2.71 bits per heavy atom. The lowest BCUT2D eigenvalue weighted by Crippen LogP contribution is -2.43. The monoisotopic (exact) mass is 211 g/mol. The number of rotatable bonds is 1. The van der Waals surface area contributed by atoms with E-state index in [-0.39, 0.29) is 0 Å². The van der Waals surface area contributed by atoms with E-state index in [1.807, 2.05) is 18.2 Å². The number of benzene rings is 1. The SMILES string of the molecule is Nc1ccc(Cl)cc1N1CCNCC1. The van der Waals surface area contributed by atoms with E-state index >= 15 is 0 Å². The Balaban J connectivity index is 2.24. The van der Waals surface area contributed by atoms with E-state index in [1.165, 1.54) is 0 Å². The van der Waals surface area contributed by atoms with Gasteiger partial charge in [-0.1, -0.05) is 11.6 Å². The van der Waals surface area contributed by atoms with Crippen LogP contribution in [0.5, 0.6) is 0 Å². The number of anilines is 2. The first-order chi connectivity index (χ1) is 6.77. The van der Waals surface area contributed by atoms with Crippen LogP contribution in [0.1, 0.15) is 0 Å². The maximum absolute atomic E-state index is 5.94. The molecule has 0 aromatic heterocycles. The molecular weight excluding hydrogens is 198 g/mol. The van der Waals surface area contributed by atoms with Crippen LogP contribution in [-0.2, 0) is 0 Å². The van der Waals surface area contributed by atoms with Crippen LogP contribution in [0.2, 0.25) is 5.02 Å². The number of nitrogens with zero attached hydrogens (tertiary/aromatic N) is 1. The molecule has 14 heavy (non-hydrogen) atoms. The van der Waals surface area contributed by atoms with Crippen molar-refractivity contribution in [2.45, 2.75) is 0 Å².